The molecule has 4 nitrogen and oxygen atoms in total. The minimum Gasteiger partial charge on any atom is -0.344 e. The summed E-state index contributed by atoms with van der Waals surface area (Å²) in [5.74, 6) is 0. The third-order valence-corrected chi connectivity index (χ3v) is 0. The zero-order valence-corrected chi connectivity index (χ0v) is 10.4. The van der Waals surface area contributed by atoms with Gasteiger partial charge in [0.25, 0.3) is 0 Å². The Bertz CT molecular complexity index is 11.2. The van der Waals surface area contributed by atoms with Crippen molar-refractivity contribution >= 4 is 0 Å². The second-order valence-corrected chi connectivity index (χ2v) is 0. The maximum absolute atomic E-state index is 0. The van der Waals surface area contributed by atoms with Crippen molar-refractivity contribution in [2.45, 2.75) is 0 Å². The molecule has 12 N–H and O–H groups in total. The van der Waals surface area contributed by atoms with Gasteiger partial charge in [0.15, 0.2) is 0 Å². The van der Waals surface area contributed by atoms with Gasteiger partial charge >= 0.3 is 0 Å². The second kappa shape index (κ2) is 110. The average Bonchev–Trinajstić information content (AvgIpc) is 0. The summed E-state index contributed by atoms with van der Waals surface area (Å²) < 4.78 is 0. The topological polar surface area (TPSA) is 140 Å². The molecule has 0 spiro atoms. The van der Waals surface area contributed by atoms with Crippen LogP contribution in [0.15, 0.2) is 0 Å². The van der Waals surface area contributed by atoms with Crippen LogP contribution in [-0.2, 0) is 81.9 Å². The van der Waals surface area contributed by atoms with Crippen LogP contribution in [0.3, 0.4) is 0 Å². The van der Waals surface area contributed by atoms with Gasteiger partial charge in [-0.05, 0) is 0 Å². The van der Waals surface area contributed by atoms with Crippen LogP contribution in [0.1, 0.15) is 0 Å². The molecule has 0 aromatic carbocycles. The Hall–Kier alpha value is 2.49. The van der Waals surface area contributed by atoms with Crippen molar-refractivity contribution in [3.05, 3.63) is 0 Å². The van der Waals surface area contributed by atoms with E-state index in [-0.39, 0.29) is 107 Å². The summed E-state index contributed by atoms with van der Waals surface area (Å²) >= 11 is 0. The van der Waals surface area contributed by atoms with E-state index in [0.29, 0.717) is 0 Å². The molecule has 0 amide bonds. The first kappa shape index (κ1) is 152. The van der Waals surface area contributed by atoms with E-state index < -0.39 is 0 Å². The van der Waals surface area contributed by atoms with Crippen molar-refractivity contribution in [1.29, 1.82) is 0 Å². The van der Waals surface area contributed by atoms with Gasteiger partial charge in [-0.15, -0.1) is 0 Å². The van der Waals surface area contributed by atoms with E-state index in [1.54, 1.807) is 0 Å². The van der Waals surface area contributed by atoms with E-state index >= 15 is 0 Å². The first-order valence-electron chi connectivity index (χ1n) is 0. The van der Waals surface area contributed by atoms with Crippen LogP contribution in [0.4, 0.5) is 0 Å². The van der Waals surface area contributed by atoms with Crippen molar-refractivity contribution in [2.75, 3.05) is 0 Å². The first-order valence-corrected chi connectivity index (χ1v) is 0. The Balaban J connectivity index is 0. The average molecular weight is 271 g/mol. The van der Waals surface area contributed by atoms with Crippen molar-refractivity contribution in [3.63, 3.8) is 0 Å². The van der Waals surface area contributed by atoms with E-state index in [2.05, 4.69) is 0 Å². The van der Waals surface area contributed by atoms with Gasteiger partial charge in [-0.1, -0.05) is 0 Å². The third kappa shape index (κ3) is 76.8. The number of hydrogen-bond acceptors (Lipinski definition) is 4. The fourth-order valence-corrected chi connectivity index (χ4v) is 0. The maximum Gasteiger partial charge on any atom is 0 e. The van der Waals surface area contributed by atoms with Gasteiger partial charge in [-0.25, -0.2) is 0 Å². The van der Waals surface area contributed by atoms with Crippen LogP contribution in [0.25, 0.3) is 0 Å². The minimum atomic E-state index is 0. The second-order valence-electron chi connectivity index (χ2n) is 0. The predicted octanol–water partition coefficient (Wildman–Crippen LogP) is 0.638. The number of hydrogen-bond donors (Lipinski definition) is 4. The fourth-order valence-electron chi connectivity index (χ4n) is 0. The van der Waals surface area contributed by atoms with E-state index in [0.717, 1.165) is 0 Å². The molecule has 0 aliphatic carbocycles. The molecule has 0 aromatic rings. The monoisotopic (exact) mass is 271 g/mol. The zero-order valence-electron chi connectivity index (χ0n) is 4.66. The molecule has 0 aromatic heterocycles. The van der Waals surface area contributed by atoms with Gasteiger partial charge in [0.05, 0.1) is 0 Å². The Morgan fingerprint density at radius 2 is 0.375 bits per heavy atom. The van der Waals surface area contributed by atoms with Crippen LogP contribution < -0.4 is 24.6 Å². The van der Waals surface area contributed by atoms with Gasteiger partial charge in [0.2, 0.25) is 0 Å². The molecule has 0 saturated carbocycles. The van der Waals surface area contributed by atoms with E-state index in [1.807, 2.05) is 0 Å². The standard InChI is InChI=1S/Co.4H3N.3Ti/h;4*1H3;;;. The minimum absolute atomic E-state index is 0. The molecule has 0 aliphatic rings. The molecule has 8 heteroatoms. The van der Waals surface area contributed by atoms with E-state index in [9.17, 15) is 0 Å². The molecule has 0 fully saturated rings. The SMILES string of the molecule is N.N.N.N.[Co].[Ti].[Ti].[Ti]. The molecule has 53 valence electrons. The summed E-state index contributed by atoms with van der Waals surface area (Å²) in [5.41, 5.74) is 0. The molecular weight excluding hydrogens is 259 g/mol. The molecule has 0 saturated heterocycles. The number of rotatable bonds is 0. The molecule has 0 atom stereocenters. The van der Waals surface area contributed by atoms with Gasteiger partial charge in [0, 0.05) is 81.9 Å². The van der Waals surface area contributed by atoms with Crippen molar-refractivity contribution in [3.8, 4) is 0 Å². The van der Waals surface area contributed by atoms with Crippen LogP contribution in [0, 0.1) is 0 Å². The largest absolute Gasteiger partial charge is 0.344 e. The zero-order chi connectivity index (χ0) is 0. The molecule has 8 heavy (non-hydrogen) atoms. The molecule has 0 unspecified atom stereocenters. The molecule has 0 aliphatic heterocycles. The summed E-state index contributed by atoms with van der Waals surface area (Å²) in [6, 6.07) is 0. The Labute approximate surface area is 105 Å². The molecular formula is H12CoN4Ti3. The Morgan fingerprint density at radius 3 is 0.375 bits per heavy atom. The summed E-state index contributed by atoms with van der Waals surface area (Å²) in [4.78, 5) is 0. The Kier molecular flexibility index (Phi) is 2100. The predicted molar refractivity (Wildman–Crippen MR) is 20.1 cm³/mol. The first-order chi connectivity index (χ1) is 0. The van der Waals surface area contributed by atoms with E-state index in [1.165, 1.54) is 0 Å². The van der Waals surface area contributed by atoms with Gasteiger partial charge in [-0.2, -0.15) is 0 Å². The van der Waals surface area contributed by atoms with Gasteiger partial charge in [-0.3, -0.25) is 0 Å². The van der Waals surface area contributed by atoms with Crippen molar-refractivity contribution < 1.29 is 81.9 Å². The molecule has 0 rings (SSSR count). The van der Waals surface area contributed by atoms with Crippen LogP contribution in [-0.4, -0.2) is 0 Å². The molecule has 0 bridgehead atoms. The van der Waals surface area contributed by atoms with Crippen molar-refractivity contribution in [2.24, 2.45) is 0 Å². The summed E-state index contributed by atoms with van der Waals surface area (Å²) in [6.07, 6.45) is 0. The smallest absolute Gasteiger partial charge is 0 e. The quantitative estimate of drug-likeness (QED) is 0.479. The van der Waals surface area contributed by atoms with Crippen LogP contribution in [0.5, 0.6) is 0 Å². The summed E-state index contributed by atoms with van der Waals surface area (Å²) in [5, 5.41) is 0. The van der Waals surface area contributed by atoms with Crippen LogP contribution >= 0.6 is 0 Å². The normalized spacial score (nSPS) is 0. The van der Waals surface area contributed by atoms with E-state index in [4.69, 9.17) is 0 Å². The summed E-state index contributed by atoms with van der Waals surface area (Å²) in [7, 11) is 0. The third-order valence-electron chi connectivity index (χ3n) is 0. The maximum atomic E-state index is 0. The fraction of sp³-hybridized carbons (Fsp3) is 0. The molecule has 1 radical (unpaired) electrons. The molecule has 0 heterocycles. The summed E-state index contributed by atoms with van der Waals surface area (Å²) in [6.45, 7) is 0. The Morgan fingerprint density at radius 1 is 0.375 bits per heavy atom. The van der Waals surface area contributed by atoms with Crippen molar-refractivity contribution in [1.82, 2.24) is 24.6 Å². The van der Waals surface area contributed by atoms with Crippen LogP contribution in [0.2, 0.25) is 0 Å². The van der Waals surface area contributed by atoms with Gasteiger partial charge < -0.3 is 24.6 Å². The van der Waals surface area contributed by atoms with Gasteiger partial charge in [0.1, 0.15) is 0 Å².